The van der Waals surface area contributed by atoms with Crippen molar-refractivity contribution in [3.8, 4) is 5.75 Å². The van der Waals surface area contributed by atoms with Crippen LogP contribution in [0, 0.1) is 29.2 Å². The van der Waals surface area contributed by atoms with Crippen molar-refractivity contribution in [3.63, 3.8) is 0 Å². The first-order chi connectivity index (χ1) is 15.0. The minimum Gasteiger partial charge on any atom is -0.490 e. The highest BCUT2D eigenvalue weighted by atomic mass is 19.2. The van der Waals surface area contributed by atoms with Crippen LogP contribution in [0.25, 0.3) is 21.9 Å². The summed E-state index contributed by atoms with van der Waals surface area (Å²) in [5.74, 6) is -5.34. The molecular formula is C23H24F4O4. The van der Waals surface area contributed by atoms with E-state index in [1.165, 1.54) is 6.07 Å². The van der Waals surface area contributed by atoms with E-state index in [2.05, 4.69) is 0 Å². The smallest absolute Gasteiger partial charge is 0.201 e. The highest BCUT2D eigenvalue weighted by Crippen LogP contribution is 2.40. The third-order valence-corrected chi connectivity index (χ3v) is 5.48. The van der Waals surface area contributed by atoms with Crippen LogP contribution in [-0.4, -0.2) is 19.8 Å². The van der Waals surface area contributed by atoms with Crippen molar-refractivity contribution < 1.29 is 36.2 Å². The fourth-order valence-electron chi connectivity index (χ4n) is 3.85. The van der Waals surface area contributed by atoms with Gasteiger partial charge in [0.05, 0.1) is 36.2 Å². The van der Waals surface area contributed by atoms with Gasteiger partial charge in [-0.1, -0.05) is 26.7 Å². The molecule has 0 N–H and O–H groups in total. The van der Waals surface area contributed by atoms with Gasteiger partial charge in [0.1, 0.15) is 11.2 Å². The van der Waals surface area contributed by atoms with Crippen molar-refractivity contribution >= 4 is 21.9 Å². The number of fused-ring (bicyclic) bond motifs is 3. The standard InChI is InChI=1S/C23H24F4O4/c1-3-5-7-28-16-9-15-18(22(27)20(16)25)17-14(31-15)8-13(19(24)21(17)26)23-29-10-12(6-4-2)11-30-23/h8-9,12,23H,3-7,10-11H2,1-2H3. The van der Waals surface area contributed by atoms with E-state index in [0.717, 1.165) is 25.3 Å². The average Bonchev–Trinajstić information content (AvgIpc) is 3.14. The quantitative estimate of drug-likeness (QED) is 0.300. The monoisotopic (exact) mass is 440 g/mol. The molecule has 1 aliphatic heterocycles. The molecule has 1 aromatic heterocycles. The first-order valence-electron chi connectivity index (χ1n) is 10.5. The van der Waals surface area contributed by atoms with Crippen molar-refractivity contribution in [2.24, 2.45) is 5.92 Å². The Hall–Kier alpha value is -2.32. The van der Waals surface area contributed by atoms with Gasteiger partial charge >= 0.3 is 0 Å². The second-order valence-electron chi connectivity index (χ2n) is 7.80. The van der Waals surface area contributed by atoms with E-state index in [-0.39, 0.29) is 35.0 Å². The Labute approximate surface area is 177 Å². The number of ether oxygens (including phenoxy) is 3. The van der Waals surface area contributed by atoms with E-state index in [0.29, 0.717) is 19.6 Å². The van der Waals surface area contributed by atoms with Crippen LogP contribution in [0.1, 0.15) is 51.4 Å². The molecule has 0 bridgehead atoms. The topological polar surface area (TPSA) is 40.8 Å². The average molecular weight is 440 g/mol. The van der Waals surface area contributed by atoms with Gasteiger partial charge in [-0.25, -0.2) is 13.2 Å². The van der Waals surface area contributed by atoms with Gasteiger partial charge in [0.25, 0.3) is 0 Å². The maximum absolute atomic E-state index is 15.0. The summed E-state index contributed by atoms with van der Waals surface area (Å²) in [5.41, 5.74) is -0.445. The molecule has 4 nitrogen and oxygen atoms in total. The van der Waals surface area contributed by atoms with Gasteiger partial charge in [-0.05, 0) is 18.9 Å². The van der Waals surface area contributed by atoms with E-state index in [4.69, 9.17) is 18.6 Å². The molecule has 1 fully saturated rings. The number of benzene rings is 2. The summed E-state index contributed by atoms with van der Waals surface area (Å²) in [6.07, 6.45) is 2.23. The number of hydrogen-bond donors (Lipinski definition) is 0. The van der Waals surface area contributed by atoms with Crippen LogP contribution in [0.3, 0.4) is 0 Å². The molecule has 0 spiro atoms. The zero-order valence-corrected chi connectivity index (χ0v) is 17.4. The molecule has 1 aliphatic rings. The molecule has 4 rings (SSSR count). The molecule has 0 saturated carbocycles. The molecule has 3 aromatic rings. The van der Waals surface area contributed by atoms with E-state index >= 15 is 0 Å². The predicted octanol–water partition coefficient (Wildman–Crippen LogP) is 6.78. The van der Waals surface area contributed by atoms with Gasteiger partial charge < -0.3 is 18.6 Å². The molecule has 0 aliphatic carbocycles. The minimum absolute atomic E-state index is 0.129. The zero-order valence-electron chi connectivity index (χ0n) is 17.4. The second-order valence-corrected chi connectivity index (χ2v) is 7.80. The Bertz CT molecular complexity index is 1090. The highest BCUT2D eigenvalue weighted by molar-refractivity contribution is 6.06. The molecule has 2 heterocycles. The molecule has 0 unspecified atom stereocenters. The number of rotatable bonds is 7. The third-order valence-electron chi connectivity index (χ3n) is 5.48. The van der Waals surface area contributed by atoms with E-state index in [1.807, 2.05) is 13.8 Å². The summed E-state index contributed by atoms with van der Waals surface area (Å²) in [6, 6.07) is 2.37. The van der Waals surface area contributed by atoms with E-state index in [9.17, 15) is 17.6 Å². The van der Waals surface area contributed by atoms with Crippen LogP contribution in [0.4, 0.5) is 17.6 Å². The van der Waals surface area contributed by atoms with Crippen molar-refractivity contribution in [3.05, 3.63) is 41.0 Å². The molecule has 1 saturated heterocycles. The van der Waals surface area contributed by atoms with Crippen LogP contribution in [-0.2, 0) is 9.47 Å². The fourth-order valence-corrected chi connectivity index (χ4v) is 3.85. The summed E-state index contributed by atoms with van der Waals surface area (Å²) in [6.45, 7) is 4.88. The van der Waals surface area contributed by atoms with Crippen LogP contribution < -0.4 is 4.74 Å². The van der Waals surface area contributed by atoms with Gasteiger partial charge in [-0.15, -0.1) is 0 Å². The number of furan rings is 1. The first-order valence-corrected chi connectivity index (χ1v) is 10.5. The fraction of sp³-hybridized carbons (Fsp3) is 0.478. The minimum atomic E-state index is -1.35. The molecule has 0 amide bonds. The summed E-state index contributed by atoms with van der Waals surface area (Å²) in [5, 5.41) is -0.931. The number of unbranched alkanes of at least 4 members (excludes halogenated alkanes) is 1. The summed E-state index contributed by atoms with van der Waals surface area (Å²) in [7, 11) is 0. The lowest BCUT2D eigenvalue weighted by atomic mass is 10.0. The summed E-state index contributed by atoms with van der Waals surface area (Å²) in [4.78, 5) is 0. The predicted molar refractivity (Wildman–Crippen MR) is 107 cm³/mol. The molecule has 2 aromatic carbocycles. The lowest BCUT2D eigenvalue weighted by molar-refractivity contribution is -0.207. The Balaban J connectivity index is 1.75. The largest absolute Gasteiger partial charge is 0.490 e. The maximum atomic E-state index is 15.0. The van der Waals surface area contributed by atoms with Crippen molar-refractivity contribution in [2.75, 3.05) is 19.8 Å². The van der Waals surface area contributed by atoms with Gasteiger partial charge in [-0.2, -0.15) is 4.39 Å². The summed E-state index contributed by atoms with van der Waals surface area (Å²) >= 11 is 0. The van der Waals surface area contributed by atoms with Crippen LogP contribution in [0.5, 0.6) is 5.75 Å². The molecular weight excluding hydrogens is 416 g/mol. The SMILES string of the molecule is CCCCOc1cc2oc3cc(C4OCC(CCC)CO4)c(F)c(F)c3c2c(F)c1F. The Morgan fingerprint density at radius 3 is 2.16 bits per heavy atom. The number of halogens is 4. The lowest BCUT2D eigenvalue weighted by Gasteiger charge is -2.29. The van der Waals surface area contributed by atoms with E-state index < -0.39 is 40.3 Å². The Morgan fingerprint density at radius 2 is 1.52 bits per heavy atom. The van der Waals surface area contributed by atoms with Crippen molar-refractivity contribution in [1.29, 1.82) is 0 Å². The molecule has 8 heteroatoms. The zero-order chi connectivity index (χ0) is 22.1. The molecule has 0 atom stereocenters. The van der Waals surface area contributed by atoms with Crippen molar-refractivity contribution in [1.82, 2.24) is 0 Å². The molecule has 0 radical (unpaired) electrons. The first kappa shape index (κ1) is 21.9. The lowest BCUT2D eigenvalue weighted by Crippen LogP contribution is -2.27. The highest BCUT2D eigenvalue weighted by Gasteiger charge is 2.31. The van der Waals surface area contributed by atoms with Gasteiger partial charge in [0.15, 0.2) is 29.5 Å². The van der Waals surface area contributed by atoms with Gasteiger partial charge in [0, 0.05) is 12.0 Å². The molecule has 168 valence electrons. The Morgan fingerprint density at radius 1 is 0.871 bits per heavy atom. The van der Waals surface area contributed by atoms with Gasteiger partial charge in [0.2, 0.25) is 5.82 Å². The van der Waals surface area contributed by atoms with E-state index in [1.54, 1.807) is 0 Å². The van der Waals surface area contributed by atoms with Crippen LogP contribution in [0.2, 0.25) is 0 Å². The normalized spacial score (nSPS) is 19.4. The second kappa shape index (κ2) is 9.04. The van der Waals surface area contributed by atoms with Crippen LogP contribution >= 0.6 is 0 Å². The van der Waals surface area contributed by atoms with Gasteiger partial charge in [-0.3, -0.25) is 0 Å². The van der Waals surface area contributed by atoms with Crippen molar-refractivity contribution in [2.45, 2.75) is 45.8 Å². The third kappa shape index (κ3) is 3.99. The number of hydrogen-bond acceptors (Lipinski definition) is 4. The summed E-state index contributed by atoms with van der Waals surface area (Å²) < 4.78 is 81.1. The molecule has 31 heavy (non-hydrogen) atoms. The Kier molecular flexibility index (Phi) is 6.39. The maximum Gasteiger partial charge on any atom is 0.201 e. The van der Waals surface area contributed by atoms with Crippen LogP contribution in [0.15, 0.2) is 16.5 Å².